The number of nitrogens with zero attached hydrogens (tertiary/aromatic N) is 3. The molecule has 0 aliphatic heterocycles. The number of rotatable bonds is 6. The van der Waals surface area contributed by atoms with Crippen LogP contribution in [0.25, 0.3) is 0 Å². The van der Waals surface area contributed by atoms with Crippen LogP contribution in [-0.2, 0) is 13.1 Å². The van der Waals surface area contributed by atoms with Crippen molar-refractivity contribution in [2.45, 2.75) is 33.4 Å². The average molecular weight is 506 g/mol. The highest BCUT2D eigenvalue weighted by Gasteiger charge is 2.02. The van der Waals surface area contributed by atoms with E-state index >= 15 is 0 Å². The van der Waals surface area contributed by atoms with Gasteiger partial charge in [-0.05, 0) is 44.0 Å². The Kier molecular flexibility index (Phi) is 9.35. The number of benzene rings is 1. The lowest BCUT2D eigenvalue weighted by atomic mass is 10.2. The van der Waals surface area contributed by atoms with Gasteiger partial charge in [0.2, 0.25) is 0 Å². The molecule has 1 aromatic carbocycles. The number of aryl methyl sites for hydroxylation is 3. The van der Waals surface area contributed by atoms with Crippen LogP contribution >= 0.6 is 39.9 Å². The molecule has 7 heteroatoms. The summed E-state index contributed by atoms with van der Waals surface area (Å²) in [5.41, 5.74) is 3.49. The fraction of sp³-hybridized carbons (Fsp3) is 0.412. The molecule has 132 valence electrons. The van der Waals surface area contributed by atoms with Crippen molar-refractivity contribution in [2.75, 3.05) is 13.6 Å². The molecule has 0 spiro atoms. The van der Waals surface area contributed by atoms with Gasteiger partial charge >= 0.3 is 0 Å². The molecule has 0 aliphatic rings. The predicted molar refractivity (Wildman–Crippen MR) is 114 cm³/mol. The first-order valence-corrected chi connectivity index (χ1v) is 8.58. The molecule has 2 N–H and O–H groups in total. The van der Waals surface area contributed by atoms with Crippen molar-refractivity contribution in [3.8, 4) is 0 Å². The number of guanidine groups is 1. The van der Waals surface area contributed by atoms with E-state index in [4.69, 9.17) is 0 Å². The van der Waals surface area contributed by atoms with Gasteiger partial charge in [-0.25, -0.2) is 0 Å². The third-order valence-corrected chi connectivity index (χ3v) is 4.01. The lowest BCUT2D eigenvalue weighted by Crippen LogP contribution is -2.37. The molecule has 0 bridgehead atoms. The molecule has 5 nitrogen and oxygen atoms in total. The van der Waals surface area contributed by atoms with Crippen molar-refractivity contribution in [2.24, 2.45) is 4.99 Å². The van der Waals surface area contributed by atoms with E-state index in [0.29, 0.717) is 0 Å². The third-order valence-electron chi connectivity index (χ3n) is 3.52. The highest BCUT2D eigenvalue weighted by Crippen LogP contribution is 2.11. The van der Waals surface area contributed by atoms with E-state index in [2.05, 4.69) is 66.5 Å². The van der Waals surface area contributed by atoms with Gasteiger partial charge in [-0.3, -0.25) is 9.67 Å². The molecule has 0 unspecified atom stereocenters. The molecule has 0 atom stereocenters. The SMILES string of the molecule is CN=C(NCCCn1nc(C)cc1C)NCc1cccc(Br)c1.I. The van der Waals surface area contributed by atoms with Crippen molar-refractivity contribution < 1.29 is 0 Å². The van der Waals surface area contributed by atoms with E-state index in [9.17, 15) is 0 Å². The van der Waals surface area contributed by atoms with Crippen LogP contribution in [0, 0.1) is 13.8 Å². The summed E-state index contributed by atoms with van der Waals surface area (Å²) >= 11 is 3.49. The van der Waals surface area contributed by atoms with Gasteiger partial charge in [-0.1, -0.05) is 28.1 Å². The van der Waals surface area contributed by atoms with E-state index in [1.54, 1.807) is 7.05 Å². The summed E-state index contributed by atoms with van der Waals surface area (Å²) in [7, 11) is 1.79. The topological polar surface area (TPSA) is 54.2 Å². The van der Waals surface area contributed by atoms with Gasteiger partial charge in [0, 0.05) is 36.8 Å². The molecule has 0 aliphatic carbocycles. The van der Waals surface area contributed by atoms with Gasteiger partial charge in [-0.2, -0.15) is 5.10 Å². The second kappa shape index (κ2) is 10.7. The number of aromatic nitrogens is 2. The van der Waals surface area contributed by atoms with Crippen LogP contribution in [0.1, 0.15) is 23.4 Å². The molecule has 24 heavy (non-hydrogen) atoms. The molecular formula is C17H25BrIN5. The zero-order valence-corrected chi connectivity index (χ0v) is 18.3. The monoisotopic (exact) mass is 505 g/mol. The van der Waals surface area contributed by atoms with Gasteiger partial charge in [-0.15, -0.1) is 24.0 Å². The molecule has 2 rings (SSSR count). The Morgan fingerprint density at radius 3 is 2.67 bits per heavy atom. The van der Waals surface area contributed by atoms with Crippen LogP contribution < -0.4 is 10.6 Å². The second-order valence-electron chi connectivity index (χ2n) is 5.49. The Labute approximate surface area is 169 Å². The van der Waals surface area contributed by atoms with Crippen molar-refractivity contribution in [3.05, 3.63) is 51.8 Å². The highest BCUT2D eigenvalue weighted by atomic mass is 127. The lowest BCUT2D eigenvalue weighted by Gasteiger charge is -2.12. The average Bonchev–Trinajstić information content (AvgIpc) is 2.84. The summed E-state index contributed by atoms with van der Waals surface area (Å²) < 4.78 is 3.14. The van der Waals surface area contributed by atoms with Crippen molar-refractivity contribution >= 4 is 45.9 Å². The maximum atomic E-state index is 4.47. The Morgan fingerprint density at radius 1 is 1.25 bits per heavy atom. The predicted octanol–water partition coefficient (Wildman–Crippen LogP) is 3.64. The standard InChI is InChI=1S/C17H24BrN5.HI/c1-13-10-14(2)23(22-13)9-5-8-20-17(19-3)21-12-15-6-4-7-16(18)11-15;/h4,6-7,10-11H,5,8-9,12H2,1-3H3,(H2,19,20,21);1H. The first-order valence-electron chi connectivity index (χ1n) is 7.78. The molecule has 0 amide bonds. The zero-order chi connectivity index (χ0) is 16.7. The molecule has 0 saturated carbocycles. The van der Waals surface area contributed by atoms with E-state index in [1.165, 1.54) is 11.3 Å². The molecule has 0 saturated heterocycles. The van der Waals surface area contributed by atoms with Gasteiger partial charge in [0.05, 0.1) is 5.69 Å². The quantitative estimate of drug-likeness (QED) is 0.273. The minimum atomic E-state index is 0. The van der Waals surface area contributed by atoms with E-state index in [1.807, 2.05) is 19.1 Å². The minimum absolute atomic E-state index is 0. The van der Waals surface area contributed by atoms with Crippen LogP contribution in [0.4, 0.5) is 0 Å². The van der Waals surface area contributed by atoms with E-state index < -0.39 is 0 Å². The normalized spacial score (nSPS) is 11.1. The van der Waals surface area contributed by atoms with Gasteiger partial charge < -0.3 is 10.6 Å². The molecule has 0 radical (unpaired) electrons. The Bertz CT molecular complexity index is 669. The Balaban J connectivity index is 0.00000288. The summed E-state index contributed by atoms with van der Waals surface area (Å²) in [5.74, 6) is 0.818. The largest absolute Gasteiger partial charge is 0.356 e. The Hall–Kier alpha value is -1.09. The summed E-state index contributed by atoms with van der Waals surface area (Å²) in [6.07, 6.45) is 1.000. The van der Waals surface area contributed by atoms with Crippen LogP contribution in [0.2, 0.25) is 0 Å². The van der Waals surface area contributed by atoms with Crippen molar-refractivity contribution in [3.63, 3.8) is 0 Å². The third kappa shape index (κ3) is 6.80. The number of aliphatic imine (C=N–C) groups is 1. The number of hydrogen-bond donors (Lipinski definition) is 2. The van der Waals surface area contributed by atoms with Gasteiger partial charge in [0.25, 0.3) is 0 Å². The van der Waals surface area contributed by atoms with Gasteiger partial charge in [0.1, 0.15) is 0 Å². The maximum Gasteiger partial charge on any atom is 0.191 e. The molecule has 2 aromatic rings. The highest BCUT2D eigenvalue weighted by molar-refractivity contribution is 14.0. The Morgan fingerprint density at radius 2 is 2.04 bits per heavy atom. The summed E-state index contributed by atoms with van der Waals surface area (Å²) in [4.78, 5) is 4.25. The number of nitrogens with one attached hydrogen (secondary N) is 2. The van der Waals surface area contributed by atoms with Crippen LogP contribution in [0.5, 0.6) is 0 Å². The van der Waals surface area contributed by atoms with E-state index in [0.717, 1.165) is 42.2 Å². The summed E-state index contributed by atoms with van der Waals surface area (Å²) in [5, 5.41) is 11.1. The fourth-order valence-electron chi connectivity index (χ4n) is 2.39. The smallest absolute Gasteiger partial charge is 0.191 e. The first kappa shape index (κ1) is 21.0. The summed E-state index contributed by atoms with van der Waals surface area (Å²) in [6.45, 7) is 6.63. The maximum absolute atomic E-state index is 4.47. The molecule has 1 aromatic heterocycles. The first-order chi connectivity index (χ1) is 11.1. The summed E-state index contributed by atoms with van der Waals surface area (Å²) in [6, 6.07) is 10.4. The minimum Gasteiger partial charge on any atom is -0.356 e. The van der Waals surface area contributed by atoms with Gasteiger partial charge in [0.15, 0.2) is 5.96 Å². The van der Waals surface area contributed by atoms with Crippen molar-refractivity contribution in [1.82, 2.24) is 20.4 Å². The van der Waals surface area contributed by atoms with Crippen LogP contribution in [0.15, 0.2) is 39.8 Å². The number of hydrogen-bond acceptors (Lipinski definition) is 2. The van der Waals surface area contributed by atoms with Crippen LogP contribution in [-0.4, -0.2) is 29.3 Å². The fourth-order valence-corrected chi connectivity index (χ4v) is 2.84. The molecule has 0 fully saturated rings. The second-order valence-corrected chi connectivity index (χ2v) is 6.40. The molecule has 1 heterocycles. The van der Waals surface area contributed by atoms with Crippen LogP contribution in [0.3, 0.4) is 0 Å². The zero-order valence-electron chi connectivity index (χ0n) is 14.3. The van der Waals surface area contributed by atoms with E-state index in [-0.39, 0.29) is 24.0 Å². The molecular weight excluding hydrogens is 481 g/mol. The van der Waals surface area contributed by atoms with Crippen molar-refractivity contribution in [1.29, 1.82) is 0 Å². The number of halogens is 2. The lowest BCUT2D eigenvalue weighted by molar-refractivity contribution is 0.555.